The Balaban J connectivity index is 0.000000379. The van der Waals surface area contributed by atoms with Crippen LogP contribution in [0.3, 0.4) is 0 Å². The van der Waals surface area contributed by atoms with Crippen LogP contribution in [0.2, 0.25) is 0 Å². The van der Waals surface area contributed by atoms with E-state index in [2.05, 4.69) is 11.1 Å². The van der Waals surface area contributed by atoms with Crippen molar-refractivity contribution in [2.45, 2.75) is 6.54 Å². The molecule has 0 amide bonds. The molecule has 0 saturated heterocycles. The number of rotatable bonds is 6. The zero-order chi connectivity index (χ0) is 44.9. The van der Waals surface area contributed by atoms with Gasteiger partial charge in [-0.1, -0.05) is 12.1 Å². The van der Waals surface area contributed by atoms with Gasteiger partial charge in [0.2, 0.25) is 0 Å². The van der Waals surface area contributed by atoms with Crippen molar-refractivity contribution in [1.29, 1.82) is 5.26 Å². The smallest absolute Gasteiger partial charge is 0.200 e. The second-order valence-corrected chi connectivity index (χ2v) is 12.0. The highest BCUT2D eigenvalue weighted by Crippen LogP contribution is 2.30. The van der Waals surface area contributed by atoms with Gasteiger partial charge in [-0.2, -0.15) is 9.83 Å². The number of nitrogens with zero attached hydrogens (tertiary/aromatic N) is 3. The van der Waals surface area contributed by atoms with Gasteiger partial charge in [-0.15, -0.1) is 21.9 Å². The van der Waals surface area contributed by atoms with Crippen LogP contribution in [-0.2, 0) is 6.54 Å². The lowest BCUT2D eigenvalue weighted by Crippen LogP contribution is -2.81. The van der Waals surface area contributed by atoms with E-state index < -0.39 is 144 Å². The summed E-state index contributed by atoms with van der Waals surface area (Å²) >= 11 is 0. The molecule has 3 nitrogen and oxygen atoms in total. The van der Waals surface area contributed by atoms with E-state index in [1.165, 1.54) is 0 Å². The molecular weight excluding hydrogens is 865 g/mol. The van der Waals surface area contributed by atoms with E-state index in [4.69, 9.17) is 5.26 Å². The van der Waals surface area contributed by atoms with Crippen molar-refractivity contribution >= 4 is 28.0 Å². The minimum Gasteiger partial charge on any atom is -0.252 e. The first-order valence-electron chi connectivity index (χ1n) is 15.6. The van der Waals surface area contributed by atoms with Crippen LogP contribution in [0.5, 0.6) is 0 Å². The molecule has 0 fully saturated rings. The fourth-order valence-electron chi connectivity index (χ4n) is 6.28. The Morgan fingerprint density at radius 2 is 0.683 bits per heavy atom. The predicted octanol–water partition coefficient (Wildman–Crippen LogP) is 7.14. The van der Waals surface area contributed by atoms with Crippen molar-refractivity contribution in [3.8, 4) is 6.07 Å². The van der Waals surface area contributed by atoms with Gasteiger partial charge in [-0.3, -0.25) is 4.98 Å². The lowest BCUT2D eigenvalue weighted by atomic mass is 9.12. The Kier molecular flexibility index (Phi) is 12.2. The standard InChI is InChI=1S/C24BF20.C12H10N3/c26-5-1(6(27)14(35)21(42)13(5)34)25(2-7(28)15(36)22(43)16(37)8(2)29,3-9(30)17(38)23(44)18(39)10(3)31)4-11(32)19(40)24(45)20(41)12(4)33;13-9-11-2-1-3-12(8-11)10-15-6-4-14-5-7-15/h;1-8H,10H2/q-1;+1. The molecule has 0 aliphatic rings. The lowest BCUT2D eigenvalue weighted by Gasteiger charge is -2.44. The second kappa shape index (κ2) is 16.5. The summed E-state index contributed by atoms with van der Waals surface area (Å²) in [5.41, 5.74) is -12.5. The molecule has 1 aromatic heterocycles. The number of aromatic nitrogens is 2. The van der Waals surface area contributed by atoms with Gasteiger partial charge in [0, 0.05) is 5.56 Å². The van der Waals surface area contributed by atoms with Gasteiger partial charge in [0.1, 0.15) is 52.7 Å². The second-order valence-electron chi connectivity index (χ2n) is 12.0. The molecule has 0 spiro atoms. The van der Waals surface area contributed by atoms with Crippen LogP contribution >= 0.6 is 0 Å². The number of benzene rings is 5. The summed E-state index contributed by atoms with van der Waals surface area (Å²) in [5.74, 6) is -71.4. The summed E-state index contributed by atoms with van der Waals surface area (Å²) in [6.45, 7) is 0.762. The van der Waals surface area contributed by atoms with Crippen molar-refractivity contribution in [2.75, 3.05) is 0 Å². The summed E-state index contributed by atoms with van der Waals surface area (Å²) in [5, 5.41) is 8.76. The highest BCUT2D eigenvalue weighted by molar-refractivity contribution is 7.20. The molecule has 6 aromatic rings. The molecule has 0 N–H and O–H groups in total. The predicted molar refractivity (Wildman–Crippen MR) is 164 cm³/mol. The Morgan fingerprint density at radius 3 is 0.950 bits per heavy atom. The van der Waals surface area contributed by atoms with Crippen LogP contribution < -0.4 is 26.4 Å². The molecular formula is C36H10BF20N3. The third kappa shape index (κ3) is 6.90. The van der Waals surface area contributed by atoms with E-state index in [9.17, 15) is 52.7 Å². The van der Waals surface area contributed by atoms with E-state index in [0.29, 0.717) is 5.56 Å². The molecule has 312 valence electrons. The number of hydrogen-bond donors (Lipinski definition) is 0. The van der Waals surface area contributed by atoms with E-state index in [1.54, 1.807) is 18.5 Å². The van der Waals surface area contributed by atoms with E-state index in [0.717, 1.165) is 12.1 Å². The molecule has 0 atom stereocenters. The lowest BCUT2D eigenvalue weighted by molar-refractivity contribution is -0.688. The number of halogens is 20. The Hall–Kier alpha value is -6.67. The molecule has 0 unspecified atom stereocenters. The van der Waals surface area contributed by atoms with Crippen LogP contribution in [0.15, 0.2) is 49.1 Å². The van der Waals surface area contributed by atoms with Crippen molar-refractivity contribution in [2.24, 2.45) is 0 Å². The Bertz CT molecular complexity index is 2380. The summed E-state index contributed by atoms with van der Waals surface area (Å²) in [6, 6.07) is 9.74. The van der Waals surface area contributed by atoms with E-state index in [1.807, 2.05) is 35.2 Å². The molecule has 0 aliphatic carbocycles. The largest absolute Gasteiger partial charge is 0.252 e. The molecule has 60 heavy (non-hydrogen) atoms. The summed E-state index contributed by atoms with van der Waals surface area (Å²) < 4.78 is 296. The first kappa shape index (κ1) is 44.4. The topological polar surface area (TPSA) is 40.6 Å². The van der Waals surface area contributed by atoms with Crippen LogP contribution in [0.1, 0.15) is 11.1 Å². The highest BCUT2D eigenvalue weighted by atomic mass is 19.2. The van der Waals surface area contributed by atoms with Crippen molar-refractivity contribution in [3.63, 3.8) is 0 Å². The summed E-state index contributed by atoms with van der Waals surface area (Å²) in [4.78, 5) is 3.95. The summed E-state index contributed by atoms with van der Waals surface area (Å²) in [7, 11) is 0. The Morgan fingerprint density at radius 1 is 0.417 bits per heavy atom. The zero-order valence-corrected chi connectivity index (χ0v) is 28.3. The molecule has 5 aromatic carbocycles. The molecule has 0 aliphatic heterocycles. The number of nitriles is 1. The van der Waals surface area contributed by atoms with Crippen molar-refractivity contribution < 1.29 is 92.4 Å². The third-order valence-corrected chi connectivity index (χ3v) is 8.82. The van der Waals surface area contributed by atoms with E-state index >= 15 is 35.1 Å². The van der Waals surface area contributed by atoms with Crippen LogP contribution in [0, 0.1) is 128 Å². The molecule has 0 saturated carbocycles. The third-order valence-electron chi connectivity index (χ3n) is 8.82. The Labute approximate surface area is 319 Å². The first-order valence-corrected chi connectivity index (χ1v) is 15.6. The fourth-order valence-corrected chi connectivity index (χ4v) is 6.28. The normalized spacial score (nSPS) is 11.4. The molecule has 0 bridgehead atoms. The van der Waals surface area contributed by atoms with E-state index in [-0.39, 0.29) is 0 Å². The zero-order valence-electron chi connectivity index (χ0n) is 28.3. The van der Waals surface area contributed by atoms with Crippen LogP contribution in [0.25, 0.3) is 0 Å². The fraction of sp³-hybridized carbons (Fsp3) is 0.0278. The van der Waals surface area contributed by atoms with Gasteiger partial charge in [0.05, 0.1) is 24.0 Å². The monoisotopic (exact) mass is 875 g/mol. The SMILES string of the molecule is Fc1c(F)c(F)c([B-](c2c(F)c(F)c(F)c(F)c2F)(c2c(F)c(F)c(F)c(F)c2F)c2c(F)c(F)c(F)c(F)c2F)c(F)c1F.N#Cc1cccc(C[n+]2ccncc2)c1. The minimum atomic E-state index is -7.22. The number of hydrogen-bond acceptors (Lipinski definition) is 2. The first-order chi connectivity index (χ1) is 28.1. The maximum absolute atomic E-state index is 15.4. The van der Waals surface area contributed by atoms with Gasteiger partial charge >= 0.3 is 0 Å². The quantitative estimate of drug-likeness (QED) is 0.0588. The van der Waals surface area contributed by atoms with Gasteiger partial charge in [0.25, 0.3) is 0 Å². The van der Waals surface area contributed by atoms with Crippen molar-refractivity contribution in [3.05, 3.63) is 177 Å². The maximum atomic E-state index is 15.4. The summed E-state index contributed by atoms with van der Waals surface area (Å²) in [6.07, 6.45) is 0.0750. The average molecular weight is 875 g/mol. The van der Waals surface area contributed by atoms with Gasteiger partial charge in [-0.25, -0.2) is 87.8 Å². The van der Waals surface area contributed by atoms with Crippen molar-refractivity contribution in [1.82, 2.24) is 4.98 Å². The molecule has 24 heteroatoms. The maximum Gasteiger partial charge on any atom is 0.200 e. The van der Waals surface area contributed by atoms with Gasteiger partial charge in [-0.05, 0) is 12.1 Å². The van der Waals surface area contributed by atoms with Crippen LogP contribution in [-0.4, -0.2) is 11.1 Å². The minimum absolute atomic E-state index is 0.696. The van der Waals surface area contributed by atoms with Gasteiger partial charge < -0.3 is 0 Å². The molecule has 0 radical (unpaired) electrons. The average Bonchev–Trinajstić information content (AvgIpc) is 3.24. The molecule has 6 rings (SSSR count). The highest BCUT2D eigenvalue weighted by Gasteiger charge is 2.52. The van der Waals surface area contributed by atoms with Gasteiger partial charge in [0.15, 0.2) is 88.7 Å². The molecule has 1 heterocycles. The van der Waals surface area contributed by atoms with Crippen LogP contribution in [0.4, 0.5) is 87.8 Å².